The Kier molecular flexibility index (Phi) is 6.52. The van der Waals surface area contributed by atoms with Crippen molar-refractivity contribution in [3.05, 3.63) is 30.1 Å². The van der Waals surface area contributed by atoms with Crippen molar-refractivity contribution in [1.82, 2.24) is 9.88 Å². The number of nitrogens with zero attached hydrogens (tertiary/aromatic N) is 2. The maximum Gasteiger partial charge on any atom is 0.319 e. The minimum absolute atomic E-state index is 0.0662. The zero-order valence-corrected chi connectivity index (χ0v) is 11.2. The molecule has 1 heterocycles. The van der Waals surface area contributed by atoms with Crippen LogP contribution in [0.2, 0.25) is 0 Å². The van der Waals surface area contributed by atoms with Gasteiger partial charge in [0.25, 0.3) is 0 Å². The van der Waals surface area contributed by atoms with Crippen molar-refractivity contribution >= 4 is 11.9 Å². The minimum Gasteiger partial charge on any atom is -0.468 e. The maximum atomic E-state index is 11.3. The van der Waals surface area contributed by atoms with Gasteiger partial charge in [0.15, 0.2) is 0 Å². The molecule has 0 aliphatic carbocycles. The zero-order valence-electron chi connectivity index (χ0n) is 11.2. The molecule has 0 spiro atoms. The van der Waals surface area contributed by atoms with E-state index in [9.17, 15) is 9.59 Å². The lowest BCUT2D eigenvalue weighted by Crippen LogP contribution is -2.37. The van der Waals surface area contributed by atoms with Crippen LogP contribution in [-0.2, 0) is 25.5 Å². The van der Waals surface area contributed by atoms with Crippen LogP contribution in [0.3, 0.4) is 0 Å². The van der Waals surface area contributed by atoms with E-state index < -0.39 is 0 Å². The second-order valence-corrected chi connectivity index (χ2v) is 3.97. The molecule has 1 rings (SSSR count). The highest BCUT2D eigenvalue weighted by atomic mass is 16.5. The number of hydrogen-bond donors (Lipinski definition) is 0. The maximum absolute atomic E-state index is 11.3. The predicted octanol–water partition coefficient (Wildman–Crippen LogP) is 0.272. The van der Waals surface area contributed by atoms with Crippen LogP contribution < -0.4 is 0 Å². The fourth-order valence-electron chi connectivity index (χ4n) is 1.54. The highest BCUT2D eigenvalue weighted by molar-refractivity contribution is 5.74. The van der Waals surface area contributed by atoms with Crippen molar-refractivity contribution in [3.63, 3.8) is 0 Å². The number of carbonyl (C=O) groups excluding carboxylic acids is 2. The summed E-state index contributed by atoms with van der Waals surface area (Å²) in [5.74, 6) is -0.753. The van der Waals surface area contributed by atoms with Crippen molar-refractivity contribution in [1.29, 1.82) is 0 Å². The van der Waals surface area contributed by atoms with Crippen molar-refractivity contribution < 1.29 is 19.1 Å². The average Bonchev–Trinajstić information content (AvgIpc) is 2.45. The Morgan fingerprint density at radius 3 is 2.11 bits per heavy atom. The number of pyridine rings is 1. The van der Waals surface area contributed by atoms with Crippen LogP contribution in [0.4, 0.5) is 0 Å². The summed E-state index contributed by atoms with van der Waals surface area (Å²) < 4.78 is 9.21. The topological polar surface area (TPSA) is 68.7 Å². The molecular formula is C13H18N2O4. The standard InChI is InChI=1S/C13H18N2O4/c1-18-12(16)9-15(10-13(17)19-2)8-5-11-3-6-14-7-4-11/h3-4,6-7H,5,8-10H2,1-2H3. The lowest BCUT2D eigenvalue weighted by Gasteiger charge is -2.19. The Morgan fingerprint density at radius 1 is 1.11 bits per heavy atom. The molecule has 0 saturated carbocycles. The van der Waals surface area contributed by atoms with Gasteiger partial charge in [-0.15, -0.1) is 0 Å². The van der Waals surface area contributed by atoms with Crippen LogP contribution in [0.1, 0.15) is 5.56 Å². The first-order valence-corrected chi connectivity index (χ1v) is 5.90. The number of carbonyl (C=O) groups is 2. The van der Waals surface area contributed by atoms with Crippen LogP contribution in [0.15, 0.2) is 24.5 Å². The Morgan fingerprint density at radius 2 is 1.63 bits per heavy atom. The fraction of sp³-hybridized carbons (Fsp3) is 0.462. The minimum atomic E-state index is -0.376. The first-order valence-electron chi connectivity index (χ1n) is 5.90. The molecule has 19 heavy (non-hydrogen) atoms. The molecule has 0 atom stereocenters. The van der Waals surface area contributed by atoms with Gasteiger partial charge in [-0.3, -0.25) is 19.5 Å². The second-order valence-electron chi connectivity index (χ2n) is 3.97. The normalized spacial score (nSPS) is 10.3. The quantitative estimate of drug-likeness (QED) is 0.660. The average molecular weight is 266 g/mol. The number of esters is 2. The Labute approximate surface area is 112 Å². The molecule has 0 aliphatic rings. The lowest BCUT2D eigenvalue weighted by atomic mass is 10.2. The molecule has 0 amide bonds. The van der Waals surface area contributed by atoms with Gasteiger partial charge in [0.2, 0.25) is 0 Å². The van der Waals surface area contributed by atoms with Crippen LogP contribution in [0.5, 0.6) is 0 Å². The van der Waals surface area contributed by atoms with Crippen LogP contribution in [-0.4, -0.2) is 55.7 Å². The van der Waals surface area contributed by atoms with E-state index in [0.717, 1.165) is 12.0 Å². The molecule has 0 aromatic carbocycles. The zero-order chi connectivity index (χ0) is 14.1. The Hall–Kier alpha value is -1.95. The first kappa shape index (κ1) is 15.1. The summed E-state index contributed by atoms with van der Waals surface area (Å²) in [7, 11) is 2.64. The van der Waals surface area contributed by atoms with Crippen LogP contribution in [0.25, 0.3) is 0 Å². The third-order valence-corrected chi connectivity index (χ3v) is 2.63. The predicted molar refractivity (Wildman–Crippen MR) is 68.4 cm³/mol. The lowest BCUT2D eigenvalue weighted by molar-refractivity contribution is -0.145. The van der Waals surface area contributed by atoms with E-state index in [-0.39, 0.29) is 25.0 Å². The number of hydrogen-bond acceptors (Lipinski definition) is 6. The molecule has 6 nitrogen and oxygen atoms in total. The second kappa shape index (κ2) is 8.20. The number of ether oxygens (including phenoxy) is 2. The molecule has 0 N–H and O–H groups in total. The first-order chi connectivity index (χ1) is 9.15. The molecule has 1 aromatic heterocycles. The summed E-state index contributed by atoms with van der Waals surface area (Å²) in [6.07, 6.45) is 4.14. The van der Waals surface area contributed by atoms with Crippen molar-refractivity contribution in [2.24, 2.45) is 0 Å². The molecule has 1 aromatic rings. The molecule has 0 bridgehead atoms. The van der Waals surface area contributed by atoms with Crippen molar-refractivity contribution in [3.8, 4) is 0 Å². The van der Waals surface area contributed by atoms with Gasteiger partial charge in [-0.2, -0.15) is 0 Å². The number of aromatic nitrogens is 1. The summed E-state index contributed by atoms with van der Waals surface area (Å²) in [4.78, 5) is 28.2. The summed E-state index contributed by atoms with van der Waals surface area (Å²) in [6.45, 7) is 0.696. The largest absolute Gasteiger partial charge is 0.468 e. The van der Waals surface area contributed by atoms with Gasteiger partial charge >= 0.3 is 11.9 Å². The third kappa shape index (κ3) is 5.96. The SMILES string of the molecule is COC(=O)CN(CCc1ccncc1)CC(=O)OC. The molecule has 0 unspecified atom stereocenters. The molecular weight excluding hydrogens is 248 g/mol. The summed E-state index contributed by atoms with van der Waals surface area (Å²) in [5, 5.41) is 0. The van der Waals surface area contributed by atoms with Crippen LogP contribution >= 0.6 is 0 Å². The molecule has 6 heteroatoms. The van der Waals surface area contributed by atoms with E-state index in [1.165, 1.54) is 14.2 Å². The van der Waals surface area contributed by atoms with Crippen molar-refractivity contribution in [2.45, 2.75) is 6.42 Å². The molecule has 0 saturated heterocycles. The van der Waals surface area contributed by atoms with Gasteiger partial charge in [0.1, 0.15) is 0 Å². The number of rotatable bonds is 7. The monoisotopic (exact) mass is 266 g/mol. The van der Waals surface area contributed by atoms with Gasteiger partial charge in [-0.05, 0) is 24.1 Å². The van der Waals surface area contributed by atoms with E-state index in [4.69, 9.17) is 0 Å². The highest BCUT2D eigenvalue weighted by Gasteiger charge is 2.15. The van der Waals surface area contributed by atoms with Gasteiger partial charge in [0.05, 0.1) is 27.3 Å². The summed E-state index contributed by atoms with van der Waals surface area (Å²) in [6, 6.07) is 3.79. The van der Waals surface area contributed by atoms with Gasteiger partial charge in [-0.1, -0.05) is 0 Å². The van der Waals surface area contributed by atoms with E-state index >= 15 is 0 Å². The fourth-order valence-corrected chi connectivity index (χ4v) is 1.54. The van der Waals surface area contributed by atoms with Gasteiger partial charge in [0, 0.05) is 18.9 Å². The van der Waals surface area contributed by atoms with E-state index in [1.54, 1.807) is 17.3 Å². The molecule has 104 valence electrons. The van der Waals surface area contributed by atoms with Crippen molar-refractivity contribution in [2.75, 3.05) is 33.9 Å². The smallest absolute Gasteiger partial charge is 0.319 e. The Balaban J connectivity index is 2.53. The van der Waals surface area contributed by atoms with Gasteiger partial charge < -0.3 is 9.47 Å². The van der Waals surface area contributed by atoms with E-state index in [0.29, 0.717) is 6.54 Å². The summed E-state index contributed by atoms with van der Waals surface area (Å²) >= 11 is 0. The number of methoxy groups -OCH3 is 2. The summed E-state index contributed by atoms with van der Waals surface area (Å²) in [5.41, 5.74) is 1.09. The Bertz CT molecular complexity index is 390. The third-order valence-electron chi connectivity index (χ3n) is 2.63. The van der Waals surface area contributed by atoms with E-state index in [1.807, 2.05) is 12.1 Å². The highest BCUT2D eigenvalue weighted by Crippen LogP contribution is 2.01. The van der Waals surface area contributed by atoms with E-state index in [2.05, 4.69) is 14.5 Å². The van der Waals surface area contributed by atoms with Crippen LogP contribution in [0, 0.1) is 0 Å². The van der Waals surface area contributed by atoms with Gasteiger partial charge in [-0.25, -0.2) is 0 Å². The molecule has 0 fully saturated rings. The molecule has 0 aliphatic heterocycles. The molecule has 0 radical (unpaired) electrons.